The van der Waals surface area contributed by atoms with E-state index in [1.54, 1.807) is 0 Å². The molecule has 0 bridgehead atoms. The maximum absolute atomic E-state index is 3.66. The van der Waals surface area contributed by atoms with Gasteiger partial charge >= 0.3 is 21.7 Å². The zero-order valence-corrected chi connectivity index (χ0v) is 11.7. The molecule has 1 heteroatoms. The van der Waals surface area contributed by atoms with Crippen molar-refractivity contribution in [1.82, 2.24) is 0 Å². The zero-order chi connectivity index (χ0) is 11.6. The van der Waals surface area contributed by atoms with Gasteiger partial charge in [0.15, 0.2) is 0 Å². The van der Waals surface area contributed by atoms with Crippen LogP contribution in [-0.4, -0.2) is 0 Å². The Balaban J connectivity index is 0. The van der Waals surface area contributed by atoms with Crippen LogP contribution in [-0.2, 0) is 21.7 Å². The Hall–Kier alpha value is 0.714. The van der Waals surface area contributed by atoms with E-state index < -0.39 is 0 Å². The first-order chi connectivity index (χ1) is 7.00. The molecule has 2 saturated carbocycles. The predicted octanol–water partition coefficient (Wildman–Crippen LogP) is 3.72. The van der Waals surface area contributed by atoms with Crippen molar-refractivity contribution in [2.24, 2.45) is 5.41 Å². The summed E-state index contributed by atoms with van der Waals surface area (Å²) in [4.78, 5) is 0. The molecule has 0 heterocycles. The fraction of sp³-hybridized carbons (Fsp3) is 0.200. The van der Waals surface area contributed by atoms with Crippen molar-refractivity contribution in [3.63, 3.8) is 0 Å². The normalized spacial score (nSPS) is 18.8. The van der Waals surface area contributed by atoms with Crippen LogP contribution in [0.1, 0.15) is 13.8 Å². The molecule has 0 atom stereocenters. The fourth-order valence-corrected chi connectivity index (χ4v) is 0.642. The van der Waals surface area contributed by atoms with Gasteiger partial charge in [-0.2, -0.15) is 0 Å². The largest absolute Gasteiger partial charge is 2.00 e. The predicted molar refractivity (Wildman–Crippen MR) is 67.5 cm³/mol. The van der Waals surface area contributed by atoms with E-state index in [4.69, 9.17) is 0 Å². The van der Waals surface area contributed by atoms with Crippen LogP contribution in [0.5, 0.6) is 0 Å². The minimum Gasteiger partial charge on any atom is -0.367 e. The Labute approximate surface area is 119 Å². The van der Waals surface area contributed by atoms with Gasteiger partial charge in [-0.05, 0) is 64.2 Å². The van der Waals surface area contributed by atoms with Gasteiger partial charge in [-0.25, -0.2) is 0 Å². The van der Waals surface area contributed by atoms with Crippen LogP contribution in [0.3, 0.4) is 0 Å². The number of hydrogen-bond acceptors (Lipinski definition) is 0. The quantitative estimate of drug-likeness (QED) is 0.452. The molecule has 0 spiro atoms. The molecule has 2 aliphatic rings. The molecule has 0 nitrogen and oxygen atoms in total. The summed E-state index contributed by atoms with van der Waals surface area (Å²) in [7, 11) is 0. The molecule has 2 aliphatic carbocycles. The molecule has 0 amide bonds. The van der Waals surface area contributed by atoms with E-state index in [0.717, 1.165) is 0 Å². The van der Waals surface area contributed by atoms with E-state index in [2.05, 4.69) is 13.8 Å². The van der Waals surface area contributed by atoms with Crippen molar-refractivity contribution in [2.45, 2.75) is 13.8 Å². The number of hydrogen-bond donors (Lipinski definition) is 0. The molecule has 0 unspecified atom stereocenters. The zero-order valence-electron chi connectivity index (χ0n) is 10.2. The van der Waals surface area contributed by atoms with Crippen molar-refractivity contribution >= 4 is 0 Å². The van der Waals surface area contributed by atoms with Gasteiger partial charge in [-0.15, -0.1) is 13.8 Å². The van der Waals surface area contributed by atoms with Crippen molar-refractivity contribution in [3.8, 4) is 0 Å². The summed E-state index contributed by atoms with van der Waals surface area (Å²) in [6, 6.07) is 0. The van der Waals surface area contributed by atoms with Gasteiger partial charge in [0, 0.05) is 0 Å². The topological polar surface area (TPSA) is 0 Å². The Morgan fingerprint density at radius 2 is 0.625 bits per heavy atom. The van der Waals surface area contributed by atoms with Crippen LogP contribution in [0.15, 0.2) is 0 Å². The molecular formula is C15H20Ti. The summed E-state index contributed by atoms with van der Waals surface area (Å²) in [5, 5.41) is 0. The van der Waals surface area contributed by atoms with E-state index in [0.29, 0.717) is 0 Å². The summed E-state index contributed by atoms with van der Waals surface area (Å²) in [5.41, 5.74) is 0. The van der Waals surface area contributed by atoms with Gasteiger partial charge in [0.1, 0.15) is 0 Å². The molecule has 84 valence electrons. The average Bonchev–Trinajstić information content (AvgIpc) is 2.81. The van der Waals surface area contributed by atoms with Crippen molar-refractivity contribution in [1.29, 1.82) is 0 Å². The second kappa shape index (κ2) is 12.2. The Kier molecular flexibility index (Phi) is 14.5. The van der Waals surface area contributed by atoms with Gasteiger partial charge in [0.2, 0.25) is 0 Å². The maximum Gasteiger partial charge on any atom is 2.00 e. The second-order valence-corrected chi connectivity index (χ2v) is 4.09. The maximum atomic E-state index is 3.66. The van der Waals surface area contributed by atoms with Crippen LogP contribution >= 0.6 is 0 Å². The molecule has 0 aromatic rings. The minimum absolute atomic E-state index is 0. The minimum atomic E-state index is 0. The van der Waals surface area contributed by atoms with E-state index >= 15 is 0 Å². The molecular weight excluding hydrogens is 228 g/mol. The fourth-order valence-electron chi connectivity index (χ4n) is 0.642. The van der Waals surface area contributed by atoms with Crippen LogP contribution in [0.25, 0.3) is 0 Å². The van der Waals surface area contributed by atoms with Gasteiger partial charge in [0.25, 0.3) is 0 Å². The van der Waals surface area contributed by atoms with Gasteiger partial charge in [0.05, 0.1) is 0 Å². The van der Waals surface area contributed by atoms with E-state index in [1.165, 1.54) is 0 Å². The van der Waals surface area contributed by atoms with E-state index in [9.17, 15) is 0 Å². The third-order valence-corrected chi connectivity index (χ3v) is 1.11. The Bertz CT molecular complexity index is 84.7. The molecule has 16 heavy (non-hydrogen) atoms. The summed E-state index contributed by atoms with van der Waals surface area (Å²) in [6.45, 7) is 11.2. The van der Waals surface area contributed by atoms with E-state index in [-0.39, 0.29) is 27.1 Å². The molecule has 0 aliphatic heterocycles. The van der Waals surface area contributed by atoms with Crippen molar-refractivity contribution in [2.75, 3.05) is 0 Å². The summed E-state index contributed by atoms with van der Waals surface area (Å²) >= 11 is 0. The third-order valence-electron chi connectivity index (χ3n) is 1.11. The first kappa shape index (κ1) is 19.1. The molecule has 0 N–H and O–H groups in total. The second-order valence-electron chi connectivity index (χ2n) is 4.09. The first-order valence-electron chi connectivity index (χ1n) is 5.04. The molecule has 0 aromatic carbocycles. The molecule has 0 aromatic heterocycles. The van der Waals surface area contributed by atoms with E-state index in [1.807, 2.05) is 78.1 Å². The SMILES string of the molecule is [CH2-]C([CH2-])(C)C.[CH]1[CH][CH][CH][CH]1.[CH]1[CH][CH][CH][CH]1.[Ti+2]. The third kappa shape index (κ3) is 24.1. The monoisotopic (exact) mass is 248 g/mol. The van der Waals surface area contributed by atoms with Gasteiger partial charge in [-0.3, -0.25) is 5.41 Å². The molecule has 2 rings (SSSR count). The average molecular weight is 248 g/mol. The molecule has 0 saturated heterocycles. The summed E-state index contributed by atoms with van der Waals surface area (Å²) in [5.74, 6) is 0. The smallest absolute Gasteiger partial charge is 0.367 e. The van der Waals surface area contributed by atoms with Gasteiger partial charge in [-0.1, -0.05) is 0 Å². The van der Waals surface area contributed by atoms with Crippen LogP contribution in [0.4, 0.5) is 0 Å². The van der Waals surface area contributed by atoms with Crippen molar-refractivity contribution < 1.29 is 21.7 Å². The first-order valence-corrected chi connectivity index (χ1v) is 5.04. The molecule has 10 radical (unpaired) electrons. The standard InChI is InChI=1S/2C5H5.C5H10.Ti/c2*1-2-4-5-3-1;1-5(2,3)4;/h2*1-5H;1-2H2,3-4H3;/q;;-2;+2. The Morgan fingerprint density at radius 1 is 0.562 bits per heavy atom. The molecule has 2 fully saturated rings. The summed E-state index contributed by atoms with van der Waals surface area (Å²) in [6.07, 6.45) is 20.0. The number of rotatable bonds is 0. The van der Waals surface area contributed by atoms with Crippen LogP contribution < -0.4 is 0 Å². The van der Waals surface area contributed by atoms with Crippen LogP contribution in [0, 0.1) is 83.5 Å². The van der Waals surface area contributed by atoms with Crippen LogP contribution in [0.2, 0.25) is 0 Å². The van der Waals surface area contributed by atoms with Crippen molar-refractivity contribution in [3.05, 3.63) is 78.1 Å². The summed E-state index contributed by atoms with van der Waals surface area (Å²) < 4.78 is 0. The Morgan fingerprint density at radius 3 is 0.688 bits per heavy atom. The van der Waals surface area contributed by atoms with Gasteiger partial charge < -0.3 is 13.8 Å².